The number of nitrogens with one attached hydrogen (secondary N) is 1. The van der Waals surface area contributed by atoms with Crippen molar-refractivity contribution in [3.63, 3.8) is 0 Å². The Labute approximate surface area is 152 Å². The summed E-state index contributed by atoms with van der Waals surface area (Å²) in [5.74, 6) is 0. The summed E-state index contributed by atoms with van der Waals surface area (Å²) < 4.78 is 31.6. The van der Waals surface area contributed by atoms with Crippen LogP contribution in [-0.2, 0) is 10.0 Å². The van der Waals surface area contributed by atoms with Crippen molar-refractivity contribution in [3.05, 3.63) is 6.20 Å². The van der Waals surface area contributed by atoms with Gasteiger partial charge in [-0.3, -0.25) is 0 Å². The summed E-state index contributed by atoms with van der Waals surface area (Å²) in [5, 5.41) is 7.40. The predicted octanol–water partition coefficient (Wildman–Crippen LogP) is 3.72. The normalized spacial score (nSPS) is 12.9. The molecular weight excluding hydrogens is 429 g/mol. The second-order valence-electron chi connectivity index (χ2n) is 6.98. The molecule has 0 radical (unpaired) electrons. The number of aromatic nitrogens is 2. The van der Waals surface area contributed by atoms with Gasteiger partial charge < -0.3 is 0 Å². The van der Waals surface area contributed by atoms with Crippen molar-refractivity contribution in [3.8, 4) is 0 Å². The van der Waals surface area contributed by atoms with Gasteiger partial charge in [0.2, 0.25) is 0 Å². The van der Waals surface area contributed by atoms with E-state index in [1.54, 1.807) is 14.1 Å². The number of rotatable bonds is 12. The molecule has 140 valence electrons. The van der Waals surface area contributed by atoms with Gasteiger partial charge in [-0.25, -0.2) is 0 Å². The number of unbranched alkanes of at least 4 members (excludes halogenated alkanes) is 3. The van der Waals surface area contributed by atoms with Crippen molar-refractivity contribution in [1.29, 1.82) is 0 Å². The Balaban J connectivity index is 3.39. The minimum absolute atomic E-state index is 0.312. The van der Waals surface area contributed by atoms with Crippen LogP contribution in [0, 0.1) is 0 Å². The molecule has 0 saturated heterocycles. The molecule has 0 aliphatic rings. The zero-order valence-electron chi connectivity index (χ0n) is 16.1. The van der Waals surface area contributed by atoms with Crippen LogP contribution < -0.4 is 3.58 Å². The van der Waals surface area contributed by atoms with Crippen LogP contribution in [0.15, 0.2) is 11.2 Å². The van der Waals surface area contributed by atoms with E-state index in [4.69, 9.17) is 0 Å². The standard InChI is InChI=1S/C5H8N3O2S.3C4H9.Sn/c1-8(2)11(9,10)5-3-4-6-7-5;3*1-3-4-2;/h4H,1-2H3,(H,6,7);3*1,3-4H2,2H3;. The molecule has 0 aliphatic heterocycles. The molecule has 7 heteroatoms. The number of hydrogen-bond donors (Lipinski definition) is 1. The Morgan fingerprint density at radius 2 is 1.46 bits per heavy atom. The summed E-state index contributed by atoms with van der Waals surface area (Å²) in [4.78, 5) is 0. The van der Waals surface area contributed by atoms with Gasteiger partial charge >= 0.3 is 153 Å². The summed E-state index contributed by atoms with van der Waals surface area (Å²) in [5.41, 5.74) is 0. The quantitative estimate of drug-likeness (QED) is 0.480. The first-order chi connectivity index (χ1) is 11.4. The molecule has 24 heavy (non-hydrogen) atoms. The Bertz CT molecular complexity index is 563. The monoisotopic (exact) mass is 465 g/mol. The van der Waals surface area contributed by atoms with Crippen molar-refractivity contribution in [2.24, 2.45) is 0 Å². The molecule has 0 saturated carbocycles. The van der Waals surface area contributed by atoms with Gasteiger partial charge in [0.25, 0.3) is 0 Å². The van der Waals surface area contributed by atoms with E-state index < -0.39 is 28.4 Å². The van der Waals surface area contributed by atoms with Crippen molar-refractivity contribution in [1.82, 2.24) is 14.5 Å². The summed E-state index contributed by atoms with van der Waals surface area (Å²) in [7, 11) is -0.294. The van der Waals surface area contributed by atoms with Crippen LogP contribution in [0.25, 0.3) is 0 Å². The van der Waals surface area contributed by atoms with E-state index >= 15 is 0 Å². The molecule has 0 spiro atoms. The summed E-state index contributed by atoms with van der Waals surface area (Å²) in [6.07, 6.45) is 9.05. The van der Waals surface area contributed by atoms with Crippen LogP contribution in [0.2, 0.25) is 13.3 Å². The molecule has 0 atom stereocenters. The minimum atomic E-state index is -3.48. The van der Waals surface area contributed by atoms with Crippen molar-refractivity contribution in [2.75, 3.05) is 14.1 Å². The maximum atomic E-state index is 12.8. The van der Waals surface area contributed by atoms with Crippen LogP contribution in [-0.4, -0.2) is 55.4 Å². The van der Waals surface area contributed by atoms with E-state index in [-0.39, 0.29) is 0 Å². The Morgan fingerprint density at radius 1 is 1.00 bits per heavy atom. The third kappa shape index (κ3) is 5.21. The molecule has 0 bridgehead atoms. The second-order valence-corrected chi connectivity index (χ2v) is 22.2. The van der Waals surface area contributed by atoms with Gasteiger partial charge in [-0.05, 0) is 0 Å². The zero-order valence-corrected chi connectivity index (χ0v) is 19.7. The first kappa shape index (κ1) is 22.0. The van der Waals surface area contributed by atoms with E-state index in [9.17, 15) is 8.42 Å². The fourth-order valence-electron chi connectivity index (χ4n) is 3.35. The summed E-state index contributed by atoms with van der Waals surface area (Å²) >= 11 is -2.80. The summed E-state index contributed by atoms with van der Waals surface area (Å²) in [6.45, 7) is 6.68. The van der Waals surface area contributed by atoms with Crippen LogP contribution in [0.4, 0.5) is 0 Å². The Kier molecular flexibility index (Phi) is 9.30. The maximum absolute atomic E-state index is 12.8. The molecule has 1 rings (SSSR count). The first-order valence-electron chi connectivity index (χ1n) is 9.32. The molecule has 0 unspecified atom stereocenters. The van der Waals surface area contributed by atoms with Gasteiger partial charge in [-0.15, -0.1) is 0 Å². The second kappa shape index (κ2) is 10.2. The molecule has 0 fully saturated rings. The third-order valence-electron chi connectivity index (χ3n) is 4.93. The SMILES string of the molecule is CCC[CH2][Sn]([CH2]CCC)([CH2]CCC)[c]1c[nH]nc1S(=O)(=O)N(C)C. The van der Waals surface area contributed by atoms with E-state index in [2.05, 4.69) is 31.0 Å². The molecule has 1 heterocycles. The van der Waals surface area contributed by atoms with Gasteiger partial charge in [-0.2, -0.15) is 0 Å². The Hall–Kier alpha value is -0.0813. The van der Waals surface area contributed by atoms with Crippen LogP contribution in [0.1, 0.15) is 59.3 Å². The van der Waals surface area contributed by atoms with E-state index in [0.29, 0.717) is 5.03 Å². The van der Waals surface area contributed by atoms with E-state index in [0.717, 1.165) is 3.58 Å². The fourth-order valence-corrected chi connectivity index (χ4v) is 22.5. The van der Waals surface area contributed by atoms with Gasteiger partial charge in [0.05, 0.1) is 0 Å². The van der Waals surface area contributed by atoms with Crippen molar-refractivity contribution >= 4 is 32.0 Å². The molecule has 0 aliphatic carbocycles. The third-order valence-corrected chi connectivity index (χ3v) is 22.8. The number of nitrogens with zero attached hydrogens (tertiary/aromatic N) is 2. The zero-order chi connectivity index (χ0) is 18.2. The van der Waals surface area contributed by atoms with Gasteiger partial charge in [0.15, 0.2) is 0 Å². The number of aromatic amines is 1. The van der Waals surface area contributed by atoms with Crippen LogP contribution >= 0.6 is 0 Å². The molecule has 5 nitrogen and oxygen atoms in total. The topological polar surface area (TPSA) is 66.1 Å². The molecule has 1 aromatic rings. The average molecular weight is 464 g/mol. The van der Waals surface area contributed by atoms with Crippen molar-refractivity contribution < 1.29 is 8.42 Å². The average Bonchev–Trinajstić information content (AvgIpc) is 3.05. The van der Waals surface area contributed by atoms with Gasteiger partial charge in [-0.1, -0.05) is 0 Å². The Morgan fingerprint density at radius 3 is 1.83 bits per heavy atom. The summed E-state index contributed by atoms with van der Waals surface area (Å²) in [6, 6.07) is 0. The van der Waals surface area contributed by atoms with Gasteiger partial charge in [0.1, 0.15) is 0 Å². The van der Waals surface area contributed by atoms with Crippen LogP contribution in [0.5, 0.6) is 0 Å². The van der Waals surface area contributed by atoms with Crippen molar-refractivity contribution in [2.45, 2.75) is 77.6 Å². The fraction of sp³-hybridized carbons (Fsp3) is 0.824. The first-order valence-corrected chi connectivity index (χ1v) is 18.2. The molecule has 1 N–H and O–H groups in total. The van der Waals surface area contributed by atoms with Crippen LogP contribution in [0.3, 0.4) is 0 Å². The molecule has 0 amide bonds. The number of H-pyrrole nitrogens is 1. The predicted molar refractivity (Wildman–Crippen MR) is 104 cm³/mol. The molecule has 0 aromatic carbocycles. The molecule has 1 aromatic heterocycles. The number of hydrogen-bond acceptors (Lipinski definition) is 3. The van der Waals surface area contributed by atoms with E-state index in [1.165, 1.54) is 56.1 Å². The van der Waals surface area contributed by atoms with E-state index in [1.807, 2.05) is 6.20 Å². The van der Waals surface area contributed by atoms with Gasteiger partial charge in [0, 0.05) is 0 Å². The molecular formula is C17H35N3O2SSn. The number of sulfonamides is 1.